The van der Waals surface area contributed by atoms with E-state index < -0.39 is 0 Å². The summed E-state index contributed by atoms with van der Waals surface area (Å²) in [5.41, 5.74) is 0.422. The van der Waals surface area contributed by atoms with Crippen molar-refractivity contribution in [3.8, 4) is 0 Å². The van der Waals surface area contributed by atoms with E-state index >= 15 is 0 Å². The van der Waals surface area contributed by atoms with E-state index in [-0.39, 0.29) is 15.9 Å². The Morgan fingerprint density at radius 2 is 1.83 bits per heavy atom. The molecule has 0 radical (unpaired) electrons. The third-order valence-electron chi connectivity index (χ3n) is 3.82. The highest BCUT2D eigenvalue weighted by Gasteiger charge is 2.50. The van der Waals surface area contributed by atoms with Crippen LogP contribution in [0.15, 0.2) is 35.2 Å². The molecule has 100 valence electrons. The Balaban J connectivity index is 2.07. The van der Waals surface area contributed by atoms with Gasteiger partial charge in [0.15, 0.2) is 20.8 Å². The molecule has 1 unspecified atom stereocenters. The number of benzene rings is 1. The summed E-state index contributed by atoms with van der Waals surface area (Å²) in [6.07, 6.45) is 1.31. The lowest BCUT2D eigenvalue weighted by Crippen LogP contribution is -2.32. The van der Waals surface area contributed by atoms with Gasteiger partial charge in [0.25, 0.3) is 0 Å². The zero-order valence-corrected chi connectivity index (χ0v) is 13.0. The fourth-order valence-electron chi connectivity index (χ4n) is 2.18. The van der Waals surface area contributed by atoms with Crippen LogP contribution < -0.4 is 0 Å². The monoisotopic (exact) mass is 265 g/mol. The molecular formula is C16H25OS+. The topological polar surface area (TPSA) is 9.23 Å². The molecule has 0 amide bonds. The van der Waals surface area contributed by atoms with Gasteiger partial charge in [-0.2, -0.15) is 4.18 Å². The van der Waals surface area contributed by atoms with E-state index in [1.54, 1.807) is 0 Å². The summed E-state index contributed by atoms with van der Waals surface area (Å²) < 4.78 is 6.48. The minimum absolute atomic E-state index is 0.127. The third-order valence-corrected chi connectivity index (χ3v) is 5.99. The molecule has 1 nitrogen and oxygen atoms in total. The van der Waals surface area contributed by atoms with Crippen LogP contribution in [-0.4, -0.2) is 11.4 Å². The number of rotatable bonds is 4. The van der Waals surface area contributed by atoms with Gasteiger partial charge in [0.1, 0.15) is 6.61 Å². The van der Waals surface area contributed by atoms with Crippen molar-refractivity contribution >= 4 is 11.2 Å². The summed E-state index contributed by atoms with van der Waals surface area (Å²) in [6, 6.07) is 10.6. The van der Waals surface area contributed by atoms with Crippen molar-refractivity contribution in [3.63, 3.8) is 0 Å². The maximum atomic E-state index is 6.32. The van der Waals surface area contributed by atoms with Gasteiger partial charge in [-0.25, -0.2) is 0 Å². The molecule has 0 bridgehead atoms. The second kappa shape index (κ2) is 4.90. The quantitative estimate of drug-likeness (QED) is 0.731. The van der Waals surface area contributed by atoms with Gasteiger partial charge in [0, 0.05) is 0 Å². The summed E-state index contributed by atoms with van der Waals surface area (Å²) in [7, 11) is 0. The summed E-state index contributed by atoms with van der Waals surface area (Å²) in [6.45, 7) is 12.3. The molecule has 1 aliphatic carbocycles. The van der Waals surface area contributed by atoms with E-state index in [0.717, 1.165) is 12.5 Å². The Morgan fingerprint density at radius 3 is 2.28 bits per heavy atom. The van der Waals surface area contributed by atoms with Crippen molar-refractivity contribution in [3.05, 3.63) is 30.3 Å². The van der Waals surface area contributed by atoms with Gasteiger partial charge in [0.05, 0.1) is 0 Å². The summed E-state index contributed by atoms with van der Waals surface area (Å²) in [5, 5.41) is 0. The molecule has 1 saturated carbocycles. The van der Waals surface area contributed by atoms with Crippen LogP contribution >= 0.6 is 0 Å². The van der Waals surface area contributed by atoms with E-state index in [1.807, 2.05) is 0 Å². The summed E-state index contributed by atoms with van der Waals surface area (Å²) in [4.78, 5) is 1.32. The molecule has 18 heavy (non-hydrogen) atoms. The molecule has 3 atom stereocenters. The summed E-state index contributed by atoms with van der Waals surface area (Å²) in [5.74, 6) is 0.818. The van der Waals surface area contributed by atoms with E-state index in [0.29, 0.717) is 5.41 Å². The van der Waals surface area contributed by atoms with E-state index in [2.05, 4.69) is 65.0 Å². The van der Waals surface area contributed by atoms with Gasteiger partial charge < -0.3 is 0 Å². The summed E-state index contributed by atoms with van der Waals surface area (Å²) >= 11 is -0.127. The Bertz CT molecular complexity index is 395. The average Bonchev–Trinajstić information content (AvgIpc) is 2.86. The van der Waals surface area contributed by atoms with Crippen LogP contribution in [-0.2, 0) is 15.4 Å². The van der Waals surface area contributed by atoms with Gasteiger partial charge >= 0.3 is 0 Å². The third kappa shape index (κ3) is 3.10. The van der Waals surface area contributed by atoms with Gasteiger partial charge in [-0.05, 0) is 50.7 Å². The molecule has 0 heterocycles. The van der Waals surface area contributed by atoms with E-state index in [1.165, 1.54) is 11.3 Å². The van der Waals surface area contributed by atoms with Crippen molar-refractivity contribution in [2.45, 2.75) is 50.7 Å². The lowest BCUT2D eigenvalue weighted by molar-refractivity contribution is 0.259. The smallest absolute Gasteiger partial charge is 0.167 e. The maximum absolute atomic E-state index is 6.32. The van der Waals surface area contributed by atoms with Crippen molar-refractivity contribution in [1.29, 1.82) is 0 Å². The van der Waals surface area contributed by atoms with Crippen LogP contribution in [0.4, 0.5) is 0 Å². The van der Waals surface area contributed by atoms with Crippen molar-refractivity contribution < 1.29 is 4.18 Å². The largest absolute Gasteiger partial charge is 0.190 e. The van der Waals surface area contributed by atoms with Crippen LogP contribution in [0.1, 0.15) is 41.0 Å². The first-order valence-corrected chi connectivity index (χ1v) is 7.91. The first-order chi connectivity index (χ1) is 8.33. The van der Waals surface area contributed by atoms with Crippen LogP contribution in [0.5, 0.6) is 0 Å². The predicted octanol–water partition coefficient (Wildman–Crippen LogP) is 4.44. The molecule has 0 spiro atoms. The SMILES string of the molecule is C[C@H]1C[C@]1(C)CO[S+](c1ccccc1)C(C)(C)C. The molecule has 1 aliphatic rings. The maximum Gasteiger partial charge on any atom is 0.190 e. The highest BCUT2D eigenvalue weighted by Crippen LogP contribution is 2.52. The Kier molecular flexibility index (Phi) is 3.80. The average molecular weight is 265 g/mol. The van der Waals surface area contributed by atoms with Gasteiger partial charge in [-0.1, -0.05) is 32.0 Å². The van der Waals surface area contributed by atoms with Gasteiger partial charge in [-0.3, -0.25) is 0 Å². The molecular weight excluding hydrogens is 240 g/mol. The second-order valence-corrected chi connectivity index (χ2v) is 9.18. The lowest BCUT2D eigenvalue weighted by atomic mass is 10.1. The minimum Gasteiger partial charge on any atom is -0.167 e. The van der Waals surface area contributed by atoms with Crippen LogP contribution in [0.3, 0.4) is 0 Å². The van der Waals surface area contributed by atoms with Gasteiger partial charge in [0.2, 0.25) is 0 Å². The Labute approximate surface area is 114 Å². The van der Waals surface area contributed by atoms with Gasteiger partial charge in [-0.15, -0.1) is 0 Å². The zero-order valence-electron chi connectivity index (χ0n) is 12.2. The molecule has 1 aromatic carbocycles. The van der Waals surface area contributed by atoms with Crippen molar-refractivity contribution in [1.82, 2.24) is 0 Å². The second-order valence-electron chi connectivity index (χ2n) is 6.72. The molecule has 2 rings (SSSR count). The Hall–Kier alpha value is -0.470. The first kappa shape index (κ1) is 14.0. The fourth-order valence-corrected chi connectivity index (χ4v) is 4.17. The van der Waals surface area contributed by atoms with Crippen molar-refractivity contribution in [2.75, 3.05) is 6.61 Å². The van der Waals surface area contributed by atoms with Crippen molar-refractivity contribution in [2.24, 2.45) is 11.3 Å². The fraction of sp³-hybridized carbons (Fsp3) is 0.625. The normalized spacial score (nSPS) is 29.1. The molecule has 1 aromatic rings. The molecule has 0 aliphatic heterocycles. The Morgan fingerprint density at radius 1 is 1.28 bits per heavy atom. The molecule has 2 heteroatoms. The highest BCUT2D eigenvalue weighted by atomic mass is 32.2. The lowest BCUT2D eigenvalue weighted by Gasteiger charge is -2.20. The number of hydrogen-bond donors (Lipinski definition) is 0. The predicted molar refractivity (Wildman–Crippen MR) is 79.7 cm³/mol. The van der Waals surface area contributed by atoms with E-state index in [9.17, 15) is 0 Å². The highest BCUT2D eigenvalue weighted by molar-refractivity contribution is 7.93. The van der Waals surface area contributed by atoms with E-state index in [4.69, 9.17) is 4.18 Å². The standard InChI is InChI=1S/C16H25OS/c1-13-11-16(13,5)12-17-18(15(2,3)4)14-9-7-6-8-10-14/h6-10,13H,11-12H2,1-5H3/q+1/t13-,16+,18?/m0/s1. The zero-order chi connectivity index (χ0) is 13.4. The van der Waals surface area contributed by atoms with Crippen LogP contribution in [0, 0.1) is 11.3 Å². The molecule has 1 fully saturated rings. The van der Waals surface area contributed by atoms with Crippen LogP contribution in [0.2, 0.25) is 0 Å². The number of hydrogen-bond acceptors (Lipinski definition) is 1. The molecule has 0 aromatic heterocycles. The molecule has 0 N–H and O–H groups in total. The first-order valence-electron chi connectivity index (χ1n) is 6.76. The minimum atomic E-state index is -0.127. The molecule has 0 saturated heterocycles. The van der Waals surface area contributed by atoms with Crippen LogP contribution in [0.25, 0.3) is 0 Å².